The van der Waals surface area contributed by atoms with Crippen LogP contribution in [0.1, 0.15) is 110 Å². The summed E-state index contributed by atoms with van der Waals surface area (Å²) in [6, 6.07) is 0. The molecule has 0 fully saturated rings. The van der Waals surface area contributed by atoms with Crippen LogP contribution >= 0.6 is 0 Å². The van der Waals surface area contributed by atoms with Crippen LogP contribution in [0.15, 0.2) is 0 Å². The van der Waals surface area contributed by atoms with Gasteiger partial charge in [-0.1, -0.05) is 71.6 Å². The minimum Gasteiger partial charge on any atom is -0.466 e. The fraction of sp³-hybridized carbons (Fsp3) is 0.905. The highest BCUT2D eigenvalue weighted by atomic mass is 16.5. The summed E-state index contributed by atoms with van der Waals surface area (Å²) in [7, 11) is 0. The lowest BCUT2D eigenvalue weighted by molar-refractivity contribution is -0.146. The quantitative estimate of drug-likeness (QED) is 0.224. The van der Waals surface area contributed by atoms with Crippen LogP contribution in [0.4, 0.5) is 0 Å². The van der Waals surface area contributed by atoms with Gasteiger partial charge in [0.05, 0.1) is 13.2 Å². The molecule has 0 aromatic heterocycles. The number of esters is 2. The number of ether oxygens (including phenoxy) is 2. The molecule has 0 heterocycles. The molecule has 25 heavy (non-hydrogen) atoms. The fourth-order valence-electron chi connectivity index (χ4n) is 2.64. The second-order valence-electron chi connectivity index (χ2n) is 6.83. The van der Waals surface area contributed by atoms with E-state index in [4.69, 9.17) is 9.47 Å². The van der Waals surface area contributed by atoms with E-state index in [1.807, 2.05) is 0 Å². The molecule has 0 saturated heterocycles. The van der Waals surface area contributed by atoms with Gasteiger partial charge in [-0.25, -0.2) is 0 Å². The van der Waals surface area contributed by atoms with Crippen LogP contribution < -0.4 is 0 Å². The number of carbonyl (C=O) groups excluding carboxylic acids is 2. The highest BCUT2D eigenvalue weighted by molar-refractivity contribution is 5.70. The number of hydrogen-bond acceptors (Lipinski definition) is 4. The monoisotopic (exact) mass is 356 g/mol. The predicted octanol–water partition coefficient (Wildman–Crippen LogP) is 5.96. The van der Waals surface area contributed by atoms with Crippen molar-refractivity contribution in [3.8, 4) is 0 Å². The van der Waals surface area contributed by atoms with Gasteiger partial charge in [0.2, 0.25) is 0 Å². The van der Waals surface area contributed by atoms with Gasteiger partial charge in [-0.05, 0) is 25.7 Å². The van der Waals surface area contributed by atoms with E-state index in [1.54, 1.807) is 0 Å². The Bertz CT molecular complexity index is 315. The van der Waals surface area contributed by atoms with Gasteiger partial charge >= 0.3 is 11.9 Å². The van der Waals surface area contributed by atoms with Crippen LogP contribution in [0.25, 0.3) is 0 Å². The molecule has 4 heteroatoms. The summed E-state index contributed by atoms with van der Waals surface area (Å²) in [5.74, 6) is -0.284. The zero-order chi connectivity index (χ0) is 18.6. The highest BCUT2D eigenvalue weighted by Crippen LogP contribution is 2.07. The molecule has 0 aromatic rings. The Hall–Kier alpha value is -1.06. The molecule has 4 nitrogen and oxygen atoms in total. The topological polar surface area (TPSA) is 52.6 Å². The Kier molecular flexibility index (Phi) is 18.5. The summed E-state index contributed by atoms with van der Waals surface area (Å²) in [5, 5.41) is 0. The maximum Gasteiger partial charge on any atom is 0.305 e. The van der Waals surface area contributed by atoms with Crippen molar-refractivity contribution >= 4 is 11.9 Å². The van der Waals surface area contributed by atoms with Gasteiger partial charge in [-0.3, -0.25) is 9.59 Å². The zero-order valence-corrected chi connectivity index (χ0v) is 16.7. The molecule has 0 aliphatic heterocycles. The molecule has 0 atom stereocenters. The van der Waals surface area contributed by atoms with Crippen molar-refractivity contribution < 1.29 is 19.1 Å². The van der Waals surface area contributed by atoms with E-state index in [0.29, 0.717) is 38.9 Å². The minimum absolute atomic E-state index is 0.141. The SMILES string of the molecule is CCCCCCCCOC(=O)CCCCC(=O)OCCCCCCC. The molecule has 0 aliphatic carbocycles. The van der Waals surface area contributed by atoms with Gasteiger partial charge in [-0.15, -0.1) is 0 Å². The summed E-state index contributed by atoms with van der Waals surface area (Å²) < 4.78 is 10.4. The maximum absolute atomic E-state index is 11.6. The van der Waals surface area contributed by atoms with Crippen molar-refractivity contribution in [1.29, 1.82) is 0 Å². The Morgan fingerprint density at radius 2 is 0.880 bits per heavy atom. The summed E-state index contributed by atoms with van der Waals surface area (Å²) in [5.41, 5.74) is 0. The van der Waals surface area contributed by atoms with Crippen LogP contribution in [0.2, 0.25) is 0 Å². The smallest absolute Gasteiger partial charge is 0.305 e. The third-order valence-corrected chi connectivity index (χ3v) is 4.28. The van der Waals surface area contributed by atoms with E-state index in [2.05, 4.69) is 13.8 Å². The molecule has 0 spiro atoms. The Labute approximate surface area is 155 Å². The molecule has 0 unspecified atom stereocenters. The molecule has 0 aliphatic rings. The lowest BCUT2D eigenvalue weighted by Gasteiger charge is -2.06. The van der Waals surface area contributed by atoms with Gasteiger partial charge in [0.15, 0.2) is 0 Å². The van der Waals surface area contributed by atoms with Crippen molar-refractivity contribution in [3.05, 3.63) is 0 Å². The third kappa shape index (κ3) is 19.1. The number of unbranched alkanes of at least 4 members (excludes halogenated alkanes) is 10. The van der Waals surface area contributed by atoms with Gasteiger partial charge in [0.1, 0.15) is 0 Å². The molecular formula is C21H40O4. The van der Waals surface area contributed by atoms with Crippen molar-refractivity contribution in [3.63, 3.8) is 0 Å². The zero-order valence-electron chi connectivity index (χ0n) is 16.7. The van der Waals surface area contributed by atoms with Gasteiger partial charge in [0.25, 0.3) is 0 Å². The van der Waals surface area contributed by atoms with E-state index in [-0.39, 0.29) is 11.9 Å². The fourth-order valence-corrected chi connectivity index (χ4v) is 2.64. The molecule has 0 rings (SSSR count). The molecule has 0 bridgehead atoms. The molecule has 0 aromatic carbocycles. The van der Waals surface area contributed by atoms with Crippen LogP contribution in [0, 0.1) is 0 Å². The van der Waals surface area contributed by atoms with Gasteiger partial charge in [0, 0.05) is 12.8 Å². The summed E-state index contributed by atoms with van der Waals surface area (Å²) >= 11 is 0. The molecule has 0 N–H and O–H groups in total. The molecular weight excluding hydrogens is 316 g/mol. The highest BCUT2D eigenvalue weighted by Gasteiger charge is 2.06. The lowest BCUT2D eigenvalue weighted by Crippen LogP contribution is -2.08. The second kappa shape index (κ2) is 19.3. The largest absolute Gasteiger partial charge is 0.466 e. The van der Waals surface area contributed by atoms with Crippen molar-refractivity contribution in [2.45, 2.75) is 110 Å². The van der Waals surface area contributed by atoms with Crippen LogP contribution in [-0.4, -0.2) is 25.2 Å². The first kappa shape index (κ1) is 23.9. The van der Waals surface area contributed by atoms with E-state index in [1.165, 1.54) is 44.9 Å². The Balaban J connectivity index is 3.31. The summed E-state index contributed by atoms with van der Waals surface area (Å²) in [6.45, 7) is 5.45. The van der Waals surface area contributed by atoms with E-state index < -0.39 is 0 Å². The standard InChI is InChI=1S/C21H40O4/c1-3-5-7-9-11-15-19-25-21(23)17-13-12-16-20(22)24-18-14-10-8-6-4-2/h3-19H2,1-2H3. The van der Waals surface area contributed by atoms with E-state index in [0.717, 1.165) is 25.7 Å². The molecule has 0 radical (unpaired) electrons. The Morgan fingerprint density at radius 1 is 0.520 bits per heavy atom. The number of rotatable bonds is 18. The number of carbonyl (C=O) groups is 2. The van der Waals surface area contributed by atoms with Gasteiger partial charge < -0.3 is 9.47 Å². The van der Waals surface area contributed by atoms with Gasteiger partial charge in [-0.2, -0.15) is 0 Å². The molecule has 0 amide bonds. The second-order valence-corrected chi connectivity index (χ2v) is 6.83. The van der Waals surface area contributed by atoms with Crippen molar-refractivity contribution in [2.75, 3.05) is 13.2 Å². The van der Waals surface area contributed by atoms with Crippen molar-refractivity contribution in [1.82, 2.24) is 0 Å². The first-order chi connectivity index (χ1) is 12.2. The van der Waals surface area contributed by atoms with Crippen molar-refractivity contribution in [2.24, 2.45) is 0 Å². The summed E-state index contributed by atoms with van der Waals surface area (Å²) in [4.78, 5) is 23.1. The van der Waals surface area contributed by atoms with E-state index in [9.17, 15) is 9.59 Å². The normalized spacial score (nSPS) is 10.6. The minimum atomic E-state index is -0.143. The average Bonchev–Trinajstić information content (AvgIpc) is 2.61. The number of hydrogen-bond donors (Lipinski definition) is 0. The molecule has 148 valence electrons. The first-order valence-electron chi connectivity index (χ1n) is 10.5. The van der Waals surface area contributed by atoms with Crippen LogP contribution in [-0.2, 0) is 19.1 Å². The maximum atomic E-state index is 11.6. The first-order valence-corrected chi connectivity index (χ1v) is 10.5. The summed E-state index contributed by atoms with van der Waals surface area (Å²) in [6.07, 6.45) is 15.1. The van der Waals surface area contributed by atoms with Crippen LogP contribution in [0.3, 0.4) is 0 Å². The predicted molar refractivity (Wildman–Crippen MR) is 103 cm³/mol. The molecule has 0 saturated carbocycles. The van der Waals surface area contributed by atoms with E-state index >= 15 is 0 Å². The Morgan fingerprint density at radius 3 is 1.28 bits per heavy atom. The van der Waals surface area contributed by atoms with Crippen LogP contribution in [0.5, 0.6) is 0 Å². The third-order valence-electron chi connectivity index (χ3n) is 4.28. The average molecular weight is 357 g/mol. The lowest BCUT2D eigenvalue weighted by atomic mass is 10.1.